The van der Waals surface area contributed by atoms with Gasteiger partial charge in [-0.15, -0.1) is 0 Å². The van der Waals surface area contributed by atoms with E-state index in [9.17, 15) is 0 Å². The maximum absolute atomic E-state index is 4.47. The maximum Gasteiger partial charge on any atom is 0.205 e. The first-order chi connectivity index (χ1) is 8.31. The predicted octanol–water partition coefficient (Wildman–Crippen LogP) is 1.73. The van der Waals surface area contributed by atoms with E-state index in [1.807, 2.05) is 6.20 Å². The van der Waals surface area contributed by atoms with Crippen molar-refractivity contribution in [3.8, 4) is 0 Å². The molecule has 0 aliphatic carbocycles. The quantitative estimate of drug-likeness (QED) is 0.845. The lowest BCUT2D eigenvalue weighted by molar-refractivity contribution is 0.376. The summed E-state index contributed by atoms with van der Waals surface area (Å²) < 4.78 is 2.25. The van der Waals surface area contributed by atoms with E-state index in [0.717, 1.165) is 31.4 Å². The van der Waals surface area contributed by atoms with E-state index in [2.05, 4.69) is 39.9 Å². The van der Waals surface area contributed by atoms with Crippen LogP contribution in [0.15, 0.2) is 12.4 Å². The highest BCUT2D eigenvalue weighted by Crippen LogP contribution is 2.17. The highest BCUT2D eigenvalue weighted by Gasteiger charge is 2.17. The molecule has 1 saturated heterocycles. The Labute approximate surface area is 104 Å². The van der Waals surface area contributed by atoms with Gasteiger partial charge in [-0.3, -0.25) is 0 Å². The fraction of sp³-hybridized carbons (Fsp3) is 0.769. The number of imidazole rings is 1. The van der Waals surface area contributed by atoms with E-state index in [0.29, 0.717) is 0 Å². The summed E-state index contributed by atoms with van der Waals surface area (Å²) in [5, 5.41) is 3.42. The second-order valence-corrected chi connectivity index (χ2v) is 4.99. The lowest BCUT2D eigenvalue weighted by atomic mass is 9.98. The number of aromatic nitrogens is 2. The van der Waals surface area contributed by atoms with Crippen LogP contribution in [0, 0.1) is 5.92 Å². The number of rotatable bonds is 5. The molecule has 1 aromatic rings. The maximum atomic E-state index is 4.47. The Balaban J connectivity index is 1.93. The first-order valence-corrected chi connectivity index (χ1v) is 6.74. The zero-order valence-electron chi connectivity index (χ0n) is 11.0. The van der Waals surface area contributed by atoms with Crippen LogP contribution < -0.4 is 10.2 Å². The van der Waals surface area contributed by atoms with E-state index < -0.39 is 0 Å². The minimum Gasteiger partial charge on any atom is -0.345 e. The fourth-order valence-electron chi connectivity index (χ4n) is 2.59. The van der Waals surface area contributed by atoms with Crippen molar-refractivity contribution in [1.29, 1.82) is 0 Å². The summed E-state index contributed by atoms with van der Waals surface area (Å²) in [6.45, 7) is 6.73. The molecule has 1 fully saturated rings. The van der Waals surface area contributed by atoms with Crippen LogP contribution in [-0.4, -0.2) is 36.2 Å². The van der Waals surface area contributed by atoms with Crippen LogP contribution in [0.4, 0.5) is 5.95 Å². The molecule has 2 rings (SSSR count). The third kappa shape index (κ3) is 3.22. The first kappa shape index (κ1) is 12.4. The normalized spacial score (nSPS) is 17.3. The van der Waals surface area contributed by atoms with Crippen molar-refractivity contribution in [2.75, 3.05) is 31.6 Å². The smallest absolute Gasteiger partial charge is 0.205 e. The third-order valence-electron chi connectivity index (χ3n) is 3.49. The van der Waals surface area contributed by atoms with E-state index >= 15 is 0 Å². The van der Waals surface area contributed by atoms with Gasteiger partial charge in [-0.05, 0) is 38.3 Å². The molecule has 1 aromatic heterocycles. The van der Waals surface area contributed by atoms with Gasteiger partial charge in [0.05, 0.1) is 0 Å². The Morgan fingerprint density at radius 1 is 1.47 bits per heavy atom. The van der Waals surface area contributed by atoms with Gasteiger partial charge in [0.2, 0.25) is 5.95 Å². The zero-order chi connectivity index (χ0) is 12.1. The topological polar surface area (TPSA) is 33.1 Å². The lowest BCUT2D eigenvalue weighted by Gasteiger charge is -2.28. The molecule has 0 bridgehead atoms. The molecule has 0 amide bonds. The van der Waals surface area contributed by atoms with E-state index in [-0.39, 0.29) is 0 Å². The number of hydrogen-bond donors (Lipinski definition) is 1. The minimum atomic E-state index is 0.813. The molecule has 2 heterocycles. The summed E-state index contributed by atoms with van der Waals surface area (Å²) in [5.41, 5.74) is 0. The standard InChI is InChI=1S/C13H24N4/c1-3-9-17-10-8-15-13(17)16(2)11-12-4-6-14-7-5-12/h8,10,12,14H,3-7,9,11H2,1-2H3. The first-order valence-electron chi connectivity index (χ1n) is 6.74. The molecule has 1 aliphatic rings. The van der Waals surface area contributed by atoms with Crippen LogP contribution in [0.1, 0.15) is 26.2 Å². The van der Waals surface area contributed by atoms with Crippen molar-refractivity contribution in [3.05, 3.63) is 12.4 Å². The second kappa shape index (κ2) is 6.05. The zero-order valence-corrected chi connectivity index (χ0v) is 11.0. The number of aryl methyl sites for hydroxylation is 1. The van der Waals surface area contributed by atoms with Gasteiger partial charge < -0.3 is 14.8 Å². The van der Waals surface area contributed by atoms with Crippen LogP contribution in [0.2, 0.25) is 0 Å². The molecule has 1 N–H and O–H groups in total. The SMILES string of the molecule is CCCn1ccnc1N(C)CC1CCNCC1. The number of nitrogens with zero attached hydrogens (tertiary/aromatic N) is 3. The molecule has 0 aromatic carbocycles. The predicted molar refractivity (Wildman–Crippen MR) is 71.4 cm³/mol. The Kier molecular flexibility index (Phi) is 4.42. The van der Waals surface area contributed by atoms with Gasteiger partial charge in [-0.25, -0.2) is 4.98 Å². The molecule has 4 nitrogen and oxygen atoms in total. The summed E-state index contributed by atoms with van der Waals surface area (Å²) >= 11 is 0. The molecule has 0 unspecified atom stereocenters. The summed E-state index contributed by atoms with van der Waals surface area (Å²) in [7, 11) is 2.16. The summed E-state index contributed by atoms with van der Waals surface area (Å²) in [6.07, 6.45) is 7.73. The Bertz CT molecular complexity index is 328. The van der Waals surface area contributed by atoms with Gasteiger partial charge in [-0.1, -0.05) is 6.92 Å². The molecule has 0 atom stereocenters. The molecule has 96 valence electrons. The number of hydrogen-bond acceptors (Lipinski definition) is 3. The molecular formula is C13H24N4. The molecule has 0 radical (unpaired) electrons. The monoisotopic (exact) mass is 236 g/mol. The third-order valence-corrected chi connectivity index (χ3v) is 3.49. The van der Waals surface area contributed by atoms with Crippen LogP contribution in [-0.2, 0) is 6.54 Å². The highest BCUT2D eigenvalue weighted by molar-refractivity contribution is 5.29. The van der Waals surface area contributed by atoms with Crippen LogP contribution in [0.25, 0.3) is 0 Å². The average molecular weight is 236 g/mol. The van der Waals surface area contributed by atoms with E-state index in [1.165, 1.54) is 25.9 Å². The average Bonchev–Trinajstić information content (AvgIpc) is 2.79. The van der Waals surface area contributed by atoms with Crippen molar-refractivity contribution in [1.82, 2.24) is 14.9 Å². The largest absolute Gasteiger partial charge is 0.345 e. The van der Waals surface area contributed by atoms with Crippen LogP contribution in [0.3, 0.4) is 0 Å². The van der Waals surface area contributed by atoms with Gasteiger partial charge in [0.1, 0.15) is 0 Å². The van der Waals surface area contributed by atoms with Crippen molar-refractivity contribution in [2.45, 2.75) is 32.7 Å². The van der Waals surface area contributed by atoms with E-state index in [1.54, 1.807) is 0 Å². The van der Waals surface area contributed by atoms with Crippen molar-refractivity contribution in [3.63, 3.8) is 0 Å². The summed E-state index contributed by atoms with van der Waals surface area (Å²) in [5.74, 6) is 1.93. The number of nitrogens with one attached hydrogen (secondary N) is 1. The van der Waals surface area contributed by atoms with Gasteiger partial charge in [0, 0.05) is 32.5 Å². The van der Waals surface area contributed by atoms with Crippen LogP contribution in [0.5, 0.6) is 0 Å². The molecular weight excluding hydrogens is 212 g/mol. The van der Waals surface area contributed by atoms with Gasteiger partial charge in [-0.2, -0.15) is 0 Å². The second-order valence-electron chi connectivity index (χ2n) is 4.99. The summed E-state index contributed by atoms with van der Waals surface area (Å²) in [4.78, 5) is 6.78. The van der Waals surface area contributed by atoms with Crippen molar-refractivity contribution >= 4 is 5.95 Å². The molecule has 17 heavy (non-hydrogen) atoms. The van der Waals surface area contributed by atoms with Crippen LogP contribution >= 0.6 is 0 Å². The van der Waals surface area contributed by atoms with Gasteiger partial charge in [0.15, 0.2) is 0 Å². The van der Waals surface area contributed by atoms with E-state index in [4.69, 9.17) is 0 Å². The van der Waals surface area contributed by atoms with Gasteiger partial charge in [0.25, 0.3) is 0 Å². The minimum absolute atomic E-state index is 0.813. The molecule has 1 aliphatic heterocycles. The Morgan fingerprint density at radius 3 is 2.94 bits per heavy atom. The molecule has 0 saturated carbocycles. The number of piperidine rings is 1. The Morgan fingerprint density at radius 2 is 2.24 bits per heavy atom. The summed E-state index contributed by atoms with van der Waals surface area (Å²) in [6, 6.07) is 0. The van der Waals surface area contributed by atoms with Gasteiger partial charge >= 0.3 is 0 Å². The highest BCUT2D eigenvalue weighted by atomic mass is 15.3. The fourth-order valence-corrected chi connectivity index (χ4v) is 2.59. The lowest BCUT2D eigenvalue weighted by Crippen LogP contribution is -2.35. The Hall–Kier alpha value is -1.03. The van der Waals surface area contributed by atoms with Crippen molar-refractivity contribution < 1.29 is 0 Å². The van der Waals surface area contributed by atoms with Crippen molar-refractivity contribution in [2.24, 2.45) is 5.92 Å². The molecule has 4 heteroatoms. The molecule has 0 spiro atoms. The number of anilines is 1.